The van der Waals surface area contributed by atoms with E-state index >= 15 is 0 Å². The lowest BCUT2D eigenvalue weighted by Gasteiger charge is -2.06. The van der Waals surface area contributed by atoms with Crippen molar-refractivity contribution in [3.8, 4) is 0 Å². The number of rotatable bonds is 4. The largest absolute Gasteiger partial charge is 0.396 e. The second-order valence-corrected chi connectivity index (χ2v) is 9.28. The van der Waals surface area contributed by atoms with Gasteiger partial charge in [-0.1, -0.05) is 43.1 Å². The van der Waals surface area contributed by atoms with Crippen LogP contribution in [0, 0.1) is 0 Å². The number of aliphatic hydroxyl groups is 1. The summed E-state index contributed by atoms with van der Waals surface area (Å²) in [6.07, 6.45) is 5.00. The van der Waals surface area contributed by atoms with E-state index in [2.05, 4.69) is 37.5 Å². The molecule has 70 valence electrons. The van der Waals surface area contributed by atoms with Crippen LogP contribution < -0.4 is 0 Å². The first-order chi connectivity index (χ1) is 5.45. The second-order valence-electron chi connectivity index (χ2n) is 4.21. The van der Waals surface area contributed by atoms with Crippen molar-refractivity contribution in [3.63, 3.8) is 0 Å². The molecular formula is C10H20OSi. The number of hydrogen-bond donors (Lipinski definition) is 1. The van der Waals surface area contributed by atoms with Crippen molar-refractivity contribution in [2.45, 2.75) is 33.0 Å². The summed E-state index contributed by atoms with van der Waals surface area (Å²) in [5, 5.41) is 8.64. The molecule has 0 aromatic rings. The van der Waals surface area contributed by atoms with Crippen molar-refractivity contribution in [2.75, 3.05) is 6.61 Å². The van der Waals surface area contributed by atoms with Gasteiger partial charge in [0.1, 0.15) is 0 Å². The van der Waals surface area contributed by atoms with E-state index in [-0.39, 0.29) is 6.61 Å². The van der Waals surface area contributed by atoms with E-state index in [1.54, 1.807) is 0 Å². The minimum absolute atomic E-state index is 0.253. The quantitative estimate of drug-likeness (QED) is 0.526. The van der Waals surface area contributed by atoms with Gasteiger partial charge in [0, 0.05) is 6.61 Å². The van der Waals surface area contributed by atoms with E-state index in [0.29, 0.717) is 0 Å². The fourth-order valence-electron chi connectivity index (χ4n) is 0.761. The third kappa shape index (κ3) is 7.76. The molecule has 0 aliphatic rings. The van der Waals surface area contributed by atoms with E-state index in [4.69, 9.17) is 5.11 Å². The summed E-state index contributed by atoms with van der Waals surface area (Å²) >= 11 is 0. The van der Waals surface area contributed by atoms with Gasteiger partial charge in [0.2, 0.25) is 0 Å². The maximum Gasteiger partial charge on any atom is 0.0687 e. The van der Waals surface area contributed by atoms with Gasteiger partial charge in [-0.3, -0.25) is 0 Å². The number of aliphatic hydroxyl groups excluding tert-OH is 1. The third-order valence-electron chi connectivity index (χ3n) is 1.48. The van der Waals surface area contributed by atoms with Crippen LogP contribution in [-0.2, 0) is 0 Å². The van der Waals surface area contributed by atoms with Gasteiger partial charge in [-0.25, -0.2) is 0 Å². The van der Waals surface area contributed by atoms with Crippen LogP contribution in [0.3, 0.4) is 0 Å². The summed E-state index contributed by atoms with van der Waals surface area (Å²) in [5.74, 6) is 0. The minimum Gasteiger partial charge on any atom is -0.396 e. The molecule has 0 unspecified atom stereocenters. The summed E-state index contributed by atoms with van der Waals surface area (Å²) in [6, 6.07) is 0. The lowest BCUT2D eigenvalue weighted by molar-refractivity contribution is 0.299. The van der Waals surface area contributed by atoms with Crippen LogP contribution >= 0.6 is 0 Å². The van der Waals surface area contributed by atoms with Gasteiger partial charge in [-0.2, -0.15) is 0 Å². The van der Waals surface area contributed by atoms with Gasteiger partial charge in [0.25, 0.3) is 0 Å². The molecule has 0 aromatic carbocycles. The number of hydrogen-bond acceptors (Lipinski definition) is 1. The fraction of sp³-hybridized carbons (Fsp3) is 0.600. The van der Waals surface area contributed by atoms with Gasteiger partial charge in [0.05, 0.1) is 8.07 Å². The Bertz CT molecular complexity index is 175. The Morgan fingerprint density at radius 2 is 1.92 bits per heavy atom. The van der Waals surface area contributed by atoms with Gasteiger partial charge < -0.3 is 5.11 Å². The average Bonchev–Trinajstić information content (AvgIpc) is 1.84. The summed E-state index contributed by atoms with van der Waals surface area (Å²) in [5.41, 5.74) is 3.54. The van der Waals surface area contributed by atoms with Gasteiger partial charge in [-0.15, -0.1) is 0 Å². The predicted molar refractivity (Wildman–Crippen MR) is 57.9 cm³/mol. The zero-order valence-electron chi connectivity index (χ0n) is 8.59. The van der Waals surface area contributed by atoms with Crippen molar-refractivity contribution in [3.05, 3.63) is 23.4 Å². The van der Waals surface area contributed by atoms with Crippen molar-refractivity contribution < 1.29 is 5.11 Å². The van der Waals surface area contributed by atoms with Crippen LogP contribution in [0.25, 0.3) is 0 Å². The summed E-state index contributed by atoms with van der Waals surface area (Å²) in [6.45, 7) is 9.21. The molecule has 0 amide bonds. The molecule has 0 aliphatic heterocycles. The highest BCUT2D eigenvalue weighted by molar-refractivity contribution is 6.80. The number of allylic oxidation sites excluding steroid dienone is 2. The van der Waals surface area contributed by atoms with Crippen LogP contribution in [0.4, 0.5) is 0 Å². The summed E-state index contributed by atoms with van der Waals surface area (Å²) in [7, 11) is -1.03. The van der Waals surface area contributed by atoms with Gasteiger partial charge in [0.15, 0.2) is 0 Å². The van der Waals surface area contributed by atoms with Crippen molar-refractivity contribution in [2.24, 2.45) is 0 Å². The first kappa shape index (κ1) is 11.7. The summed E-state index contributed by atoms with van der Waals surface area (Å²) in [4.78, 5) is 0. The Labute approximate surface area is 76.8 Å². The smallest absolute Gasteiger partial charge is 0.0687 e. The van der Waals surface area contributed by atoms with Crippen molar-refractivity contribution in [1.29, 1.82) is 0 Å². The standard InChI is InChI=1S/C10H20OSi/c1-10(7-8-11)6-5-9-12(2,3)4/h5-6,9,11H,7-8H2,1-4H3/b9-5+,10-6-. The molecule has 2 heteroatoms. The Morgan fingerprint density at radius 1 is 1.33 bits per heavy atom. The molecule has 0 saturated heterocycles. The second kappa shape index (κ2) is 5.33. The molecule has 0 bridgehead atoms. The van der Waals surface area contributed by atoms with Crippen molar-refractivity contribution >= 4 is 8.07 Å². The Hall–Kier alpha value is -0.343. The molecule has 1 nitrogen and oxygen atoms in total. The molecule has 0 fully saturated rings. The molecule has 0 atom stereocenters. The Balaban J connectivity index is 3.94. The monoisotopic (exact) mass is 184 g/mol. The predicted octanol–water partition coefficient (Wildman–Crippen LogP) is 2.75. The highest BCUT2D eigenvalue weighted by Crippen LogP contribution is 2.04. The lowest BCUT2D eigenvalue weighted by atomic mass is 10.2. The lowest BCUT2D eigenvalue weighted by Crippen LogP contribution is -2.15. The molecule has 0 aromatic heterocycles. The SMILES string of the molecule is C/C(=C/C=C/[Si](C)(C)C)CCO. The van der Waals surface area contributed by atoms with E-state index in [1.165, 1.54) is 5.57 Å². The van der Waals surface area contributed by atoms with Crippen LogP contribution in [0.15, 0.2) is 23.4 Å². The maximum absolute atomic E-state index is 8.64. The van der Waals surface area contributed by atoms with Crippen LogP contribution in [0.5, 0.6) is 0 Å². The minimum atomic E-state index is -1.03. The normalized spacial score (nSPS) is 14.2. The molecule has 1 N–H and O–H groups in total. The molecule has 0 heterocycles. The Morgan fingerprint density at radius 3 is 2.33 bits per heavy atom. The maximum atomic E-state index is 8.64. The molecule has 0 spiro atoms. The van der Waals surface area contributed by atoms with E-state index in [0.717, 1.165) is 6.42 Å². The van der Waals surface area contributed by atoms with E-state index < -0.39 is 8.07 Å². The van der Waals surface area contributed by atoms with E-state index in [9.17, 15) is 0 Å². The average molecular weight is 184 g/mol. The molecule has 0 radical (unpaired) electrons. The zero-order chi connectivity index (χ0) is 9.61. The molecule has 12 heavy (non-hydrogen) atoms. The molecule has 0 saturated carbocycles. The highest BCUT2D eigenvalue weighted by atomic mass is 28.3. The van der Waals surface area contributed by atoms with Crippen LogP contribution in [-0.4, -0.2) is 19.8 Å². The third-order valence-corrected chi connectivity index (χ3v) is 2.68. The summed E-state index contributed by atoms with van der Waals surface area (Å²) < 4.78 is 0. The molecular weight excluding hydrogens is 164 g/mol. The van der Waals surface area contributed by atoms with Crippen LogP contribution in [0.1, 0.15) is 13.3 Å². The van der Waals surface area contributed by atoms with Gasteiger partial charge >= 0.3 is 0 Å². The zero-order valence-corrected chi connectivity index (χ0v) is 9.59. The highest BCUT2D eigenvalue weighted by Gasteiger charge is 2.05. The topological polar surface area (TPSA) is 20.2 Å². The molecule has 0 rings (SSSR count). The van der Waals surface area contributed by atoms with Crippen LogP contribution in [0.2, 0.25) is 19.6 Å². The first-order valence-corrected chi connectivity index (χ1v) is 7.99. The Kier molecular flexibility index (Phi) is 5.18. The van der Waals surface area contributed by atoms with E-state index in [1.807, 2.05) is 6.92 Å². The fourth-order valence-corrected chi connectivity index (χ4v) is 1.43. The first-order valence-electron chi connectivity index (χ1n) is 4.41. The molecule has 0 aliphatic carbocycles. The van der Waals surface area contributed by atoms with Gasteiger partial charge in [-0.05, 0) is 13.3 Å². The van der Waals surface area contributed by atoms with Crippen molar-refractivity contribution in [1.82, 2.24) is 0 Å².